The van der Waals surface area contributed by atoms with Crippen LogP contribution in [0.4, 0.5) is 0 Å². The van der Waals surface area contributed by atoms with E-state index in [-0.39, 0.29) is 0 Å². The van der Waals surface area contributed by atoms with Crippen LogP contribution in [0.2, 0.25) is 0 Å². The highest BCUT2D eigenvalue weighted by Gasteiger charge is 2.25. The minimum atomic E-state index is 0.627. The summed E-state index contributed by atoms with van der Waals surface area (Å²) >= 11 is 0. The van der Waals surface area contributed by atoms with Gasteiger partial charge in [0.1, 0.15) is 0 Å². The van der Waals surface area contributed by atoms with Crippen LogP contribution >= 0.6 is 0 Å². The molecule has 1 saturated heterocycles. The molecule has 0 aromatic carbocycles. The van der Waals surface area contributed by atoms with Gasteiger partial charge in [-0.2, -0.15) is 0 Å². The molecular formula is C10H21NO. The third-order valence-corrected chi connectivity index (χ3v) is 3.02. The van der Waals surface area contributed by atoms with Crippen molar-refractivity contribution in [3.63, 3.8) is 0 Å². The molecule has 1 heterocycles. The summed E-state index contributed by atoms with van der Waals surface area (Å²) in [6.07, 6.45) is 1.25. The number of nitrogens with one attached hydrogen (secondary N) is 1. The Labute approximate surface area is 75.7 Å². The van der Waals surface area contributed by atoms with Crippen molar-refractivity contribution in [3.05, 3.63) is 0 Å². The van der Waals surface area contributed by atoms with Crippen molar-refractivity contribution in [2.45, 2.75) is 33.2 Å². The summed E-state index contributed by atoms with van der Waals surface area (Å²) in [7, 11) is 0. The van der Waals surface area contributed by atoms with E-state index in [0.29, 0.717) is 6.04 Å². The lowest BCUT2D eigenvalue weighted by Gasteiger charge is -2.25. The van der Waals surface area contributed by atoms with E-state index in [0.717, 1.165) is 31.6 Å². The van der Waals surface area contributed by atoms with Crippen molar-refractivity contribution in [3.8, 4) is 0 Å². The molecule has 0 amide bonds. The van der Waals surface area contributed by atoms with Gasteiger partial charge < -0.3 is 10.1 Å². The molecule has 1 aliphatic heterocycles. The number of hydrogen-bond acceptors (Lipinski definition) is 2. The zero-order valence-electron chi connectivity index (χ0n) is 8.47. The molecule has 2 nitrogen and oxygen atoms in total. The second-order valence-electron chi connectivity index (χ2n) is 3.83. The molecule has 72 valence electrons. The van der Waals surface area contributed by atoms with E-state index in [1.54, 1.807) is 0 Å². The molecule has 3 unspecified atom stereocenters. The van der Waals surface area contributed by atoms with Gasteiger partial charge in [0.05, 0.1) is 0 Å². The molecule has 0 aromatic rings. The van der Waals surface area contributed by atoms with Crippen molar-refractivity contribution in [2.75, 3.05) is 19.8 Å². The van der Waals surface area contributed by atoms with Gasteiger partial charge in [-0.05, 0) is 31.7 Å². The van der Waals surface area contributed by atoms with Gasteiger partial charge in [-0.25, -0.2) is 0 Å². The summed E-state index contributed by atoms with van der Waals surface area (Å²) in [5.41, 5.74) is 0. The molecule has 3 atom stereocenters. The van der Waals surface area contributed by atoms with Crippen molar-refractivity contribution in [1.82, 2.24) is 5.32 Å². The van der Waals surface area contributed by atoms with E-state index in [1.165, 1.54) is 6.42 Å². The van der Waals surface area contributed by atoms with Crippen LogP contribution in [0.1, 0.15) is 27.2 Å². The summed E-state index contributed by atoms with van der Waals surface area (Å²) in [6, 6.07) is 0.627. The minimum absolute atomic E-state index is 0.627. The van der Waals surface area contributed by atoms with E-state index in [1.807, 2.05) is 0 Å². The summed E-state index contributed by atoms with van der Waals surface area (Å²) in [4.78, 5) is 0. The summed E-state index contributed by atoms with van der Waals surface area (Å²) in [5.74, 6) is 1.52. The Morgan fingerprint density at radius 1 is 1.50 bits per heavy atom. The van der Waals surface area contributed by atoms with Crippen LogP contribution in [0.5, 0.6) is 0 Å². The lowest BCUT2D eigenvalue weighted by molar-refractivity contribution is 0.167. The first-order chi connectivity index (χ1) is 5.75. The molecule has 2 heteroatoms. The van der Waals surface area contributed by atoms with Crippen LogP contribution in [0.15, 0.2) is 0 Å². The Bertz CT molecular complexity index is 121. The topological polar surface area (TPSA) is 21.3 Å². The second kappa shape index (κ2) is 4.83. The van der Waals surface area contributed by atoms with Gasteiger partial charge in [-0.3, -0.25) is 0 Å². The van der Waals surface area contributed by atoms with Gasteiger partial charge in [0.25, 0.3) is 0 Å². The molecule has 1 fully saturated rings. The molecule has 0 bridgehead atoms. The normalized spacial score (nSPS) is 28.8. The third-order valence-electron chi connectivity index (χ3n) is 3.02. The highest BCUT2D eigenvalue weighted by atomic mass is 16.5. The molecule has 12 heavy (non-hydrogen) atoms. The lowest BCUT2D eigenvalue weighted by Crippen LogP contribution is -2.35. The molecule has 0 aliphatic carbocycles. The molecule has 1 N–H and O–H groups in total. The Kier molecular flexibility index (Phi) is 4.02. The number of hydrogen-bond donors (Lipinski definition) is 1. The largest absolute Gasteiger partial charge is 0.381 e. The molecule has 0 aromatic heterocycles. The Balaban J connectivity index is 2.29. The van der Waals surface area contributed by atoms with Gasteiger partial charge in [0.15, 0.2) is 0 Å². The fourth-order valence-electron chi connectivity index (χ4n) is 1.88. The van der Waals surface area contributed by atoms with Gasteiger partial charge in [0, 0.05) is 19.3 Å². The fraction of sp³-hybridized carbons (Fsp3) is 1.00. The van der Waals surface area contributed by atoms with E-state index in [4.69, 9.17) is 4.74 Å². The van der Waals surface area contributed by atoms with Crippen molar-refractivity contribution in [1.29, 1.82) is 0 Å². The van der Waals surface area contributed by atoms with Crippen LogP contribution in [0.25, 0.3) is 0 Å². The van der Waals surface area contributed by atoms with Crippen molar-refractivity contribution < 1.29 is 4.74 Å². The maximum absolute atomic E-state index is 5.38. The summed E-state index contributed by atoms with van der Waals surface area (Å²) < 4.78 is 5.38. The average molecular weight is 171 g/mol. The monoisotopic (exact) mass is 171 g/mol. The van der Waals surface area contributed by atoms with Gasteiger partial charge in [-0.1, -0.05) is 13.8 Å². The first kappa shape index (κ1) is 10.0. The van der Waals surface area contributed by atoms with Crippen molar-refractivity contribution in [2.24, 2.45) is 11.8 Å². The standard InChI is InChI=1S/C10H21NO/c1-4-11-9(3)8(2)10-5-6-12-7-10/h8-11H,4-7H2,1-3H3. The fourth-order valence-corrected chi connectivity index (χ4v) is 1.88. The van der Waals surface area contributed by atoms with Crippen molar-refractivity contribution >= 4 is 0 Å². The van der Waals surface area contributed by atoms with Gasteiger partial charge in [-0.15, -0.1) is 0 Å². The van der Waals surface area contributed by atoms with Crippen LogP contribution in [0.3, 0.4) is 0 Å². The predicted octanol–water partition coefficient (Wildman–Crippen LogP) is 1.66. The van der Waals surface area contributed by atoms with E-state index < -0.39 is 0 Å². The molecule has 1 aliphatic rings. The van der Waals surface area contributed by atoms with Crippen LogP contribution < -0.4 is 5.32 Å². The molecular weight excluding hydrogens is 150 g/mol. The molecule has 0 saturated carbocycles. The number of ether oxygens (including phenoxy) is 1. The SMILES string of the molecule is CCNC(C)C(C)C1CCOC1. The van der Waals surface area contributed by atoms with E-state index in [9.17, 15) is 0 Å². The quantitative estimate of drug-likeness (QED) is 0.694. The van der Waals surface area contributed by atoms with Gasteiger partial charge >= 0.3 is 0 Å². The predicted molar refractivity (Wildman–Crippen MR) is 51.2 cm³/mol. The Hall–Kier alpha value is -0.0800. The highest BCUT2D eigenvalue weighted by Crippen LogP contribution is 2.24. The lowest BCUT2D eigenvalue weighted by atomic mass is 9.88. The van der Waals surface area contributed by atoms with E-state index in [2.05, 4.69) is 26.1 Å². The summed E-state index contributed by atoms with van der Waals surface area (Å²) in [6.45, 7) is 9.76. The average Bonchev–Trinajstić information content (AvgIpc) is 2.55. The molecule has 0 radical (unpaired) electrons. The van der Waals surface area contributed by atoms with Crippen LogP contribution in [0, 0.1) is 11.8 Å². The maximum atomic E-state index is 5.38. The molecule has 0 spiro atoms. The Morgan fingerprint density at radius 3 is 2.75 bits per heavy atom. The maximum Gasteiger partial charge on any atom is 0.0498 e. The Morgan fingerprint density at radius 2 is 2.25 bits per heavy atom. The highest BCUT2D eigenvalue weighted by molar-refractivity contribution is 4.77. The first-order valence-electron chi connectivity index (χ1n) is 5.06. The zero-order valence-corrected chi connectivity index (χ0v) is 8.47. The third kappa shape index (κ3) is 2.46. The summed E-state index contributed by atoms with van der Waals surface area (Å²) in [5, 5.41) is 3.47. The molecule has 1 rings (SSSR count). The first-order valence-corrected chi connectivity index (χ1v) is 5.06. The smallest absolute Gasteiger partial charge is 0.0498 e. The van der Waals surface area contributed by atoms with Crippen LogP contribution in [-0.2, 0) is 4.74 Å². The van der Waals surface area contributed by atoms with Crippen LogP contribution in [-0.4, -0.2) is 25.8 Å². The number of rotatable bonds is 4. The minimum Gasteiger partial charge on any atom is -0.381 e. The zero-order chi connectivity index (χ0) is 8.97. The second-order valence-corrected chi connectivity index (χ2v) is 3.83. The van der Waals surface area contributed by atoms with E-state index >= 15 is 0 Å². The van der Waals surface area contributed by atoms with Gasteiger partial charge in [0.2, 0.25) is 0 Å².